The number of hydrogen-bond acceptors (Lipinski definition) is 4. The lowest BCUT2D eigenvalue weighted by atomic mass is 9.65. The molecule has 2 heterocycles. The molecule has 0 fully saturated rings. The molecule has 0 unspecified atom stereocenters. The Morgan fingerprint density at radius 3 is 1.05 bits per heavy atom. The normalized spacial score (nSPS) is 11.6. The third kappa shape index (κ3) is 11.4. The molecular formula is C97H74N4S. The van der Waals surface area contributed by atoms with Crippen LogP contribution in [0.1, 0.15) is 55.6 Å². The van der Waals surface area contributed by atoms with Gasteiger partial charge in [-0.3, -0.25) is 0 Å². The average Bonchev–Trinajstić information content (AvgIpc) is 1.22. The molecule has 17 aromatic rings. The topological polar surface area (TPSA) is 34.0 Å². The van der Waals surface area contributed by atoms with Gasteiger partial charge in [-0.05, 0) is 231 Å². The van der Waals surface area contributed by atoms with E-state index in [0.29, 0.717) is 0 Å². The van der Waals surface area contributed by atoms with Gasteiger partial charge in [-0.1, -0.05) is 278 Å². The lowest BCUT2D eigenvalue weighted by Crippen LogP contribution is -2.30. The first-order valence-electron chi connectivity index (χ1n) is 35.2. The summed E-state index contributed by atoms with van der Waals surface area (Å²) in [5, 5.41) is 2.40. The molecule has 0 aliphatic heterocycles. The van der Waals surface area contributed by atoms with E-state index in [9.17, 15) is 0 Å². The fraction of sp³-hybridized carbons (Fsp3) is 0.0722. The number of fused-ring (bicyclic) bond motifs is 4. The molecule has 17 rings (SSSR count). The van der Waals surface area contributed by atoms with Crippen molar-refractivity contribution < 1.29 is 0 Å². The summed E-state index contributed by atoms with van der Waals surface area (Å²) in [7, 11) is 0. The van der Waals surface area contributed by atoms with Gasteiger partial charge >= 0.3 is 0 Å². The zero-order chi connectivity index (χ0) is 69.0. The van der Waals surface area contributed by atoms with Gasteiger partial charge in [0.1, 0.15) is 11.0 Å². The highest BCUT2D eigenvalue weighted by Crippen LogP contribution is 2.48. The van der Waals surface area contributed by atoms with E-state index in [-0.39, 0.29) is 0 Å². The molecule has 0 aliphatic carbocycles. The van der Waals surface area contributed by atoms with Crippen LogP contribution in [0.25, 0.3) is 116 Å². The molecule has 0 bridgehead atoms. The molecule has 488 valence electrons. The van der Waals surface area contributed by atoms with E-state index in [4.69, 9.17) is 8.75 Å². The second-order valence-electron chi connectivity index (χ2n) is 27.4. The van der Waals surface area contributed by atoms with Gasteiger partial charge in [0.2, 0.25) is 0 Å². The molecule has 0 N–H and O–H groups in total. The number of aryl methyl sites for hydroxylation is 6. The van der Waals surface area contributed by atoms with Gasteiger partial charge in [0.15, 0.2) is 0 Å². The van der Waals surface area contributed by atoms with Crippen molar-refractivity contribution in [2.24, 2.45) is 0 Å². The van der Waals surface area contributed by atoms with E-state index in [2.05, 4.69) is 391 Å². The van der Waals surface area contributed by atoms with E-state index in [1.54, 1.807) is 0 Å². The lowest BCUT2D eigenvalue weighted by Gasteiger charge is -2.37. The van der Waals surface area contributed by atoms with E-state index in [1.165, 1.54) is 128 Å². The zero-order valence-electron chi connectivity index (χ0n) is 58.0. The van der Waals surface area contributed by atoms with E-state index in [1.807, 2.05) is 0 Å². The second-order valence-corrected chi connectivity index (χ2v) is 27.9. The van der Waals surface area contributed by atoms with Crippen molar-refractivity contribution in [2.75, 3.05) is 4.90 Å². The Labute approximate surface area is 601 Å². The zero-order valence-corrected chi connectivity index (χ0v) is 58.8. The molecule has 102 heavy (non-hydrogen) atoms. The number of hydrogen-bond donors (Lipinski definition) is 0. The van der Waals surface area contributed by atoms with Gasteiger partial charge < -0.3 is 9.47 Å². The molecular weight excluding hydrogens is 1250 g/mol. The van der Waals surface area contributed by atoms with Crippen LogP contribution in [0, 0.1) is 41.5 Å². The Hall–Kier alpha value is -12.3. The molecule has 0 saturated carbocycles. The van der Waals surface area contributed by atoms with Gasteiger partial charge in [0.25, 0.3) is 0 Å². The minimum Gasteiger partial charge on any atom is -0.309 e. The molecule has 5 heteroatoms. The fourth-order valence-electron chi connectivity index (χ4n) is 16.3. The van der Waals surface area contributed by atoms with Crippen LogP contribution < -0.4 is 4.90 Å². The third-order valence-electron chi connectivity index (χ3n) is 20.8. The van der Waals surface area contributed by atoms with Gasteiger partial charge in [-0.25, -0.2) is 0 Å². The highest BCUT2D eigenvalue weighted by Gasteiger charge is 2.38. The summed E-state index contributed by atoms with van der Waals surface area (Å²) < 4.78 is 12.7. The van der Waals surface area contributed by atoms with Gasteiger partial charge in [0.05, 0.1) is 33.9 Å². The molecule has 0 aliphatic rings. The number of rotatable bonds is 15. The summed E-state index contributed by atoms with van der Waals surface area (Å²) in [4.78, 5) is 2.33. The predicted molar refractivity (Wildman–Crippen MR) is 431 cm³/mol. The van der Waals surface area contributed by atoms with E-state index in [0.717, 1.165) is 72.6 Å². The fourth-order valence-corrected chi connectivity index (χ4v) is 16.9. The Morgan fingerprint density at radius 1 is 0.284 bits per heavy atom. The summed E-state index contributed by atoms with van der Waals surface area (Å²) >= 11 is 1.26. The molecule has 15 aromatic carbocycles. The quantitative estimate of drug-likeness (QED) is 0.0960. The first kappa shape index (κ1) is 63.2. The summed E-state index contributed by atoms with van der Waals surface area (Å²) in [6.45, 7) is 13.2. The summed E-state index contributed by atoms with van der Waals surface area (Å²) in [6.07, 6.45) is 0. The maximum Gasteiger partial charge on any atom is 0.129 e. The molecule has 0 amide bonds. The molecule has 0 radical (unpaired) electrons. The second kappa shape index (κ2) is 26.4. The van der Waals surface area contributed by atoms with Crippen molar-refractivity contribution in [1.82, 2.24) is 13.3 Å². The Balaban J connectivity index is 0.725. The number of anilines is 3. The summed E-state index contributed by atoms with van der Waals surface area (Å²) in [6, 6.07) is 125. The van der Waals surface area contributed by atoms with Crippen LogP contribution in [0.5, 0.6) is 0 Å². The smallest absolute Gasteiger partial charge is 0.129 e. The Morgan fingerprint density at radius 2 is 0.618 bits per heavy atom. The first-order chi connectivity index (χ1) is 50.0. The highest BCUT2D eigenvalue weighted by molar-refractivity contribution is 7.00. The van der Waals surface area contributed by atoms with Crippen LogP contribution in [0.2, 0.25) is 0 Å². The van der Waals surface area contributed by atoms with E-state index < -0.39 is 5.41 Å². The van der Waals surface area contributed by atoms with Crippen molar-refractivity contribution >= 4 is 61.6 Å². The molecule has 0 spiro atoms. The van der Waals surface area contributed by atoms with E-state index >= 15 is 0 Å². The molecule has 4 nitrogen and oxygen atoms in total. The largest absolute Gasteiger partial charge is 0.309 e. The van der Waals surface area contributed by atoms with Crippen molar-refractivity contribution in [3.63, 3.8) is 0 Å². The first-order valence-corrected chi connectivity index (χ1v) is 35.9. The van der Waals surface area contributed by atoms with Crippen LogP contribution in [0.4, 0.5) is 17.1 Å². The van der Waals surface area contributed by atoms with Crippen LogP contribution in [0.15, 0.2) is 340 Å². The number of nitrogens with zero attached hydrogens (tertiary/aromatic N) is 4. The van der Waals surface area contributed by atoms with Crippen molar-refractivity contribution in [3.05, 3.63) is 395 Å². The van der Waals surface area contributed by atoms with Crippen LogP contribution in [-0.2, 0) is 5.41 Å². The maximum absolute atomic E-state index is 5.13. The standard InChI is InChI=1S/C97H74N4S/c1-63-57-65(3)93(66(4)58-63)76-31-27-73(28-32-76)78-43-54-90-88(61-78)89-62-79(74-29-33-77(34-30-74)94-67(5)59-64(2)60-68(94)6)44-55-91(89)101(90)86-51-41-75(42-52-86)87-53-56-92(96-95(87)98-102-99-96)100(84-47-37-71(38-48-84)69-19-11-7-12-20-69)85-49-39-72(40-50-85)70-35-45-83(46-36-70)97(80-21-13-8-14-22-80,81-23-15-9-16-24-81)82-25-17-10-18-26-82/h7-62H,1-6H3. The monoisotopic (exact) mass is 1330 g/mol. The molecule has 0 atom stereocenters. The van der Waals surface area contributed by atoms with Gasteiger partial charge in [0, 0.05) is 33.4 Å². The summed E-state index contributed by atoms with van der Waals surface area (Å²) in [5.41, 5.74) is 36.7. The molecule has 0 saturated heterocycles. The number of benzene rings is 15. The minimum absolute atomic E-state index is 0.531. The van der Waals surface area contributed by atoms with Crippen LogP contribution in [0.3, 0.4) is 0 Å². The average molecular weight is 1330 g/mol. The highest BCUT2D eigenvalue weighted by atomic mass is 32.1. The van der Waals surface area contributed by atoms with Gasteiger partial charge in [-0.2, -0.15) is 8.75 Å². The SMILES string of the molecule is Cc1cc(C)c(-c2ccc(-c3ccc4c(c3)c3cc(-c5ccc(-c6c(C)cc(C)cc6C)cc5)ccc3n4-c3ccc(-c4ccc(N(c5ccc(-c6ccccc6)cc5)c5ccc(-c6ccc(C(c7ccccc7)(c7ccccc7)c7ccccc7)cc6)cc5)c5nsnc45)cc3)cc2)c(C)c1. The molecule has 2 aromatic heterocycles. The maximum atomic E-state index is 5.13. The Bertz CT molecular complexity index is 5620. The number of aromatic nitrogens is 3. The van der Waals surface area contributed by atoms with Crippen molar-refractivity contribution in [1.29, 1.82) is 0 Å². The van der Waals surface area contributed by atoms with Crippen molar-refractivity contribution in [2.45, 2.75) is 47.0 Å². The van der Waals surface area contributed by atoms with Crippen molar-refractivity contribution in [3.8, 4) is 83.6 Å². The summed E-state index contributed by atoms with van der Waals surface area (Å²) in [5.74, 6) is 0. The predicted octanol–water partition coefficient (Wildman–Crippen LogP) is 26.2. The van der Waals surface area contributed by atoms with Crippen LogP contribution >= 0.6 is 11.7 Å². The lowest BCUT2D eigenvalue weighted by molar-refractivity contribution is 0.745. The minimum atomic E-state index is -0.531. The Kier molecular flexibility index (Phi) is 16.4. The van der Waals surface area contributed by atoms with Crippen LogP contribution in [-0.4, -0.2) is 13.3 Å². The van der Waals surface area contributed by atoms with Gasteiger partial charge in [-0.15, -0.1) is 0 Å². The third-order valence-corrected chi connectivity index (χ3v) is 21.4.